The van der Waals surface area contributed by atoms with E-state index in [0.29, 0.717) is 24.8 Å². The van der Waals surface area contributed by atoms with E-state index in [-0.39, 0.29) is 17.6 Å². The SMILES string of the molecule is COc1cc(SCC(C)(C)C(C)(C)O)cc2cnc(NC3CCN(C(=O)OC(C)(C)C)CC3)nc12. The molecule has 0 atom stereocenters. The van der Waals surface area contributed by atoms with Crippen molar-refractivity contribution in [1.82, 2.24) is 14.9 Å². The average Bonchev–Trinajstić information content (AvgIpc) is 2.76. The number of hydrogen-bond donors (Lipinski definition) is 2. The fraction of sp³-hybridized carbons (Fsp3) is 0.654. The molecule has 0 radical (unpaired) electrons. The summed E-state index contributed by atoms with van der Waals surface area (Å²) in [6.45, 7) is 14.7. The van der Waals surface area contributed by atoms with Gasteiger partial charge in [0.1, 0.15) is 16.9 Å². The lowest BCUT2D eigenvalue weighted by Crippen LogP contribution is -2.44. The van der Waals surface area contributed by atoms with Crippen LogP contribution in [-0.4, -0.2) is 69.3 Å². The Morgan fingerprint density at radius 1 is 1.17 bits per heavy atom. The summed E-state index contributed by atoms with van der Waals surface area (Å²) in [4.78, 5) is 24.4. The van der Waals surface area contributed by atoms with Gasteiger partial charge in [-0.1, -0.05) is 13.8 Å². The van der Waals surface area contributed by atoms with Gasteiger partial charge < -0.3 is 24.8 Å². The zero-order valence-electron chi connectivity index (χ0n) is 22.3. The van der Waals surface area contributed by atoms with Crippen molar-refractivity contribution in [2.24, 2.45) is 5.41 Å². The predicted molar refractivity (Wildman–Crippen MR) is 141 cm³/mol. The van der Waals surface area contributed by atoms with Gasteiger partial charge in [0.2, 0.25) is 5.95 Å². The summed E-state index contributed by atoms with van der Waals surface area (Å²) in [6, 6.07) is 4.23. The van der Waals surface area contributed by atoms with Gasteiger partial charge in [0.15, 0.2) is 0 Å². The van der Waals surface area contributed by atoms with Gasteiger partial charge in [-0.2, -0.15) is 0 Å². The van der Waals surface area contributed by atoms with E-state index in [1.54, 1.807) is 23.8 Å². The van der Waals surface area contributed by atoms with Crippen LogP contribution in [0.1, 0.15) is 61.3 Å². The van der Waals surface area contributed by atoms with Crippen LogP contribution < -0.4 is 10.1 Å². The molecular weight excluding hydrogens is 464 g/mol. The first kappa shape index (κ1) is 27.3. The maximum Gasteiger partial charge on any atom is 0.410 e. The van der Waals surface area contributed by atoms with Crippen LogP contribution in [0.5, 0.6) is 5.75 Å². The van der Waals surface area contributed by atoms with Crippen molar-refractivity contribution < 1.29 is 19.4 Å². The number of fused-ring (bicyclic) bond motifs is 1. The molecule has 3 rings (SSSR count). The van der Waals surface area contributed by atoms with Crippen molar-refractivity contribution in [3.05, 3.63) is 18.3 Å². The second-order valence-corrected chi connectivity index (χ2v) is 12.4. The van der Waals surface area contributed by atoms with Crippen LogP contribution in [0, 0.1) is 5.41 Å². The fourth-order valence-corrected chi connectivity index (χ4v) is 4.83. The maximum atomic E-state index is 12.3. The lowest BCUT2D eigenvalue weighted by molar-refractivity contribution is -0.0210. The summed E-state index contributed by atoms with van der Waals surface area (Å²) in [5, 5.41) is 14.8. The van der Waals surface area contributed by atoms with Crippen LogP contribution in [0.25, 0.3) is 10.9 Å². The number of hydrogen-bond acceptors (Lipinski definition) is 8. The number of benzene rings is 1. The highest BCUT2D eigenvalue weighted by Crippen LogP contribution is 2.38. The minimum absolute atomic E-state index is 0.177. The Bertz CT molecular complexity index is 1040. The molecule has 1 amide bonds. The van der Waals surface area contributed by atoms with Gasteiger partial charge in [-0.15, -0.1) is 11.8 Å². The first-order valence-corrected chi connectivity index (χ1v) is 13.1. The van der Waals surface area contributed by atoms with Crippen molar-refractivity contribution >= 4 is 34.7 Å². The number of likely N-dealkylation sites (tertiary alicyclic amines) is 1. The zero-order chi connectivity index (χ0) is 26.0. The number of piperidine rings is 1. The third-order valence-electron chi connectivity index (χ3n) is 6.58. The molecule has 0 unspecified atom stereocenters. The molecule has 0 saturated carbocycles. The van der Waals surface area contributed by atoms with E-state index in [9.17, 15) is 9.90 Å². The third kappa shape index (κ3) is 7.13. The van der Waals surface area contributed by atoms with Crippen molar-refractivity contribution in [3.63, 3.8) is 0 Å². The summed E-state index contributed by atoms with van der Waals surface area (Å²) in [7, 11) is 1.64. The number of carbonyl (C=O) groups is 1. The van der Waals surface area contributed by atoms with Gasteiger partial charge in [-0.3, -0.25) is 0 Å². The van der Waals surface area contributed by atoms with Gasteiger partial charge in [0, 0.05) is 46.8 Å². The van der Waals surface area contributed by atoms with Crippen LogP contribution in [-0.2, 0) is 4.74 Å². The Morgan fingerprint density at radius 2 is 1.83 bits per heavy atom. The largest absolute Gasteiger partial charge is 0.494 e. The number of anilines is 1. The number of nitrogens with one attached hydrogen (secondary N) is 1. The number of thioether (sulfide) groups is 1. The quantitative estimate of drug-likeness (QED) is 0.488. The molecule has 2 aromatic rings. The number of methoxy groups -OCH3 is 1. The number of nitrogens with zero attached hydrogens (tertiary/aromatic N) is 3. The van der Waals surface area contributed by atoms with E-state index in [1.165, 1.54) is 0 Å². The Morgan fingerprint density at radius 3 is 2.40 bits per heavy atom. The molecule has 2 N–H and O–H groups in total. The standard InChI is InChI=1S/C26H40N4O4S/c1-24(2,3)34-23(31)30-11-9-18(10-12-30)28-22-27-15-17-13-19(14-20(33-8)21(17)29-22)35-16-25(4,5)26(6,7)32/h13-15,18,32H,9-12,16H2,1-8H3,(H,27,28,29). The summed E-state index contributed by atoms with van der Waals surface area (Å²) in [5.74, 6) is 2.00. The Kier molecular flexibility index (Phi) is 8.11. The van der Waals surface area contributed by atoms with Crippen LogP contribution in [0.4, 0.5) is 10.7 Å². The van der Waals surface area contributed by atoms with Crippen LogP contribution >= 0.6 is 11.8 Å². The number of aromatic nitrogens is 2. The molecule has 35 heavy (non-hydrogen) atoms. The molecule has 1 fully saturated rings. The normalized spacial score (nSPS) is 15.9. The van der Waals surface area contributed by atoms with Gasteiger partial charge in [-0.05, 0) is 59.6 Å². The molecule has 1 saturated heterocycles. The number of carbonyl (C=O) groups excluding carboxylic acids is 1. The fourth-order valence-electron chi connectivity index (χ4n) is 3.55. The second kappa shape index (κ2) is 10.4. The smallest absolute Gasteiger partial charge is 0.410 e. The first-order valence-electron chi connectivity index (χ1n) is 12.1. The first-order chi connectivity index (χ1) is 16.2. The Hall–Kier alpha value is -2.26. The van der Waals surface area contributed by atoms with Gasteiger partial charge in [0.25, 0.3) is 0 Å². The highest BCUT2D eigenvalue weighted by atomic mass is 32.2. The molecule has 1 aliphatic rings. The topological polar surface area (TPSA) is 96.8 Å². The lowest BCUT2D eigenvalue weighted by atomic mass is 9.79. The molecule has 1 aromatic carbocycles. The summed E-state index contributed by atoms with van der Waals surface area (Å²) < 4.78 is 11.1. The van der Waals surface area contributed by atoms with E-state index in [4.69, 9.17) is 14.5 Å². The minimum Gasteiger partial charge on any atom is -0.494 e. The van der Waals surface area contributed by atoms with E-state index >= 15 is 0 Å². The van der Waals surface area contributed by atoms with Gasteiger partial charge in [-0.25, -0.2) is 14.8 Å². The number of amides is 1. The van der Waals surface area contributed by atoms with E-state index in [0.717, 1.165) is 34.4 Å². The lowest BCUT2D eigenvalue weighted by Gasteiger charge is -2.37. The number of ether oxygens (including phenoxy) is 2. The molecule has 0 spiro atoms. The third-order valence-corrected chi connectivity index (χ3v) is 8.01. The van der Waals surface area contributed by atoms with Crippen molar-refractivity contribution in [1.29, 1.82) is 0 Å². The van der Waals surface area contributed by atoms with Crippen LogP contribution in [0.2, 0.25) is 0 Å². The molecule has 0 bridgehead atoms. The molecule has 8 nitrogen and oxygen atoms in total. The second-order valence-electron chi connectivity index (χ2n) is 11.4. The molecular formula is C26H40N4O4S. The minimum atomic E-state index is -0.784. The van der Waals surface area contributed by atoms with Gasteiger partial charge >= 0.3 is 6.09 Å². The van der Waals surface area contributed by atoms with Crippen LogP contribution in [0.15, 0.2) is 23.2 Å². The predicted octanol–water partition coefficient (Wildman–Crippen LogP) is 5.34. The van der Waals surface area contributed by atoms with Crippen molar-refractivity contribution in [2.45, 2.75) is 83.4 Å². The van der Waals surface area contributed by atoms with E-state index in [1.807, 2.05) is 46.9 Å². The molecule has 1 aromatic heterocycles. The van der Waals surface area contributed by atoms with Crippen LogP contribution in [0.3, 0.4) is 0 Å². The van der Waals surface area contributed by atoms with Crippen molar-refractivity contribution in [3.8, 4) is 5.75 Å². The molecule has 194 valence electrons. The highest BCUT2D eigenvalue weighted by Gasteiger charge is 2.35. The zero-order valence-corrected chi connectivity index (χ0v) is 23.1. The summed E-state index contributed by atoms with van der Waals surface area (Å²) >= 11 is 1.68. The summed E-state index contributed by atoms with van der Waals surface area (Å²) in [6.07, 6.45) is 3.14. The number of aliphatic hydroxyl groups is 1. The molecule has 9 heteroatoms. The van der Waals surface area contributed by atoms with E-state index in [2.05, 4.69) is 30.2 Å². The van der Waals surface area contributed by atoms with E-state index < -0.39 is 11.2 Å². The monoisotopic (exact) mass is 504 g/mol. The Balaban J connectivity index is 1.67. The molecule has 1 aliphatic heterocycles. The van der Waals surface area contributed by atoms with Gasteiger partial charge in [0.05, 0.1) is 12.7 Å². The highest BCUT2D eigenvalue weighted by molar-refractivity contribution is 7.99. The maximum absolute atomic E-state index is 12.3. The average molecular weight is 505 g/mol. The molecule has 0 aliphatic carbocycles. The van der Waals surface area contributed by atoms with Crippen molar-refractivity contribution in [2.75, 3.05) is 31.3 Å². The molecule has 2 heterocycles. The summed E-state index contributed by atoms with van der Waals surface area (Å²) in [5.41, 5.74) is -0.785. The Labute approximate surface area is 213 Å². The number of rotatable bonds is 7.